The summed E-state index contributed by atoms with van der Waals surface area (Å²) in [6.07, 6.45) is 1.46. The number of amides is 2. The molecular weight excluding hydrogens is 324 g/mol. The molecule has 0 bridgehead atoms. The van der Waals surface area contributed by atoms with E-state index in [1.165, 1.54) is 25.4 Å². The Hall–Kier alpha value is -3.61. The second-order valence-electron chi connectivity index (χ2n) is 5.44. The highest BCUT2D eigenvalue weighted by atomic mass is 16.7. The van der Waals surface area contributed by atoms with Gasteiger partial charge in [0.15, 0.2) is 0 Å². The zero-order valence-corrected chi connectivity index (χ0v) is 13.1. The fraction of sp³-hybridized carbons (Fsp3) is 0.0556. The molecule has 0 aliphatic carbocycles. The van der Waals surface area contributed by atoms with Crippen LogP contribution in [0.5, 0.6) is 5.75 Å². The van der Waals surface area contributed by atoms with Crippen LogP contribution in [0.15, 0.2) is 48.7 Å². The molecule has 0 radical (unpaired) electrons. The second-order valence-corrected chi connectivity index (χ2v) is 5.44. The highest BCUT2D eigenvalue weighted by Crippen LogP contribution is 2.27. The SMILES string of the molecule is COc1ccc2[nH]cc(C(=O)ON3C(=O)c4ccccc4C3=O)c2c1. The van der Waals surface area contributed by atoms with E-state index in [2.05, 4.69) is 4.98 Å². The number of hydroxylamine groups is 2. The van der Waals surface area contributed by atoms with Gasteiger partial charge in [-0.25, -0.2) is 4.79 Å². The number of ether oxygens (including phenoxy) is 1. The monoisotopic (exact) mass is 336 g/mol. The number of hydrogen-bond donors (Lipinski definition) is 1. The van der Waals surface area contributed by atoms with E-state index in [-0.39, 0.29) is 16.7 Å². The number of aromatic amines is 1. The van der Waals surface area contributed by atoms with Gasteiger partial charge >= 0.3 is 5.97 Å². The molecule has 25 heavy (non-hydrogen) atoms. The van der Waals surface area contributed by atoms with Gasteiger partial charge < -0.3 is 14.6 Å². The molecule has 2 amide bonds. The normalized spacial score (nSPS) is 13.2. The molecule has 7 nitrogen and oxygen atoms in total. The molecule has 1 aliphatic rings. The molecule has 0 unspecified atom stereocenters. The first kappa shape index (κ1) is 14.9. The van der Waals surface area contributed by atoms with Crippen molar-refractivity contribution >= 4 is 28.7 Å². The maximum absolute atomic E-state index is 12.5. The third-order valence-electron chi connectivity index (χ3n) is 4.04. The van der Waals surface area contributed by atoms with Gasteiger partial charge in [-0.1, -0.05) is 17.2 Å². The van der Waals surface area contributed by atoms with E-state index in [0.29, 0.717) is 21.7 Å². The minimum Gasteiger partial charge on any atom is -0.497 e. The number of benzene rings is 2. The molecule has 0 saturated carbocycles. The Morgan fingerprint density at radius 2 is 1.72 bits per heavy atom. The summed E-state index contributed by atoms with van der Waals surface area (Å²) in [7, 11) is 1.52. The van der Waals surface area contributed by atoms with Gasteiger partial charge in [-0.2, -0.15) is 0 Å². The van der Waals surface area contributed by atoms with Gasteiger partial charge in [0.1, 0.15) is 5.75 Å². The summed E-state index contributed by atoms with van der Waals surface area (Å²) in [4.78, 5) is 45.1. The maximum atomic E-state index is 12.5. The number of nitrogens with one attached hydrogen (secondary N) is 1. The van der Waals surface area contributed by atoms with Gasteiger partial charge in [0.05, 0.1) is 23.8 Å². The van der Waals surface area contributed by atoms with Crippen molar-refractivity contribution in [3.63, 3.8) is 0 Å². The lowest BCUT2D eigenvalue weighted by atomic mass is 10.1. The minimum absolute atomic E-state index is 0.199. The highest BCUT2D eigenvalue weighted by molar-refractivity contribution is 6.21. The first-order chi connectivity index (χ1) is 12.1. The number of hydrogen-bond acceptors (Lipinski definition) is 5. The summed E-state index contributed by atoms with van der Waals surface area (Å²) in [5.74, 6) is -1.56. The third-order valence-corrected chi connectivity index (χ3v) is 4.04. The summed E-state index contributed by atoms with van der Waals surface area (Å²) in [6, 6.07) is 11.5. The zero-order chi connectivity index (χ0) is 17.6. The van der Waals surface area contributed by atoms with Crippen molar-refractivity contribution in [1.29, 1.82) is 0 Å². The van der Waals surface area contributed by atoms with Crippen molar-refractivity contribution in [1.82, 2.24) is 10.0 Å². The number of carbonyl (C=O) groups is 3. The molecule has 2 aromatic carbocycles. The number of aromatic nitrogens is 1. The number of carbonyl (C=O) groups excluding carboxylic acids is 3. The summed E-state index contributed by atoms with van der Waals surface area (Å²) < 4.78 is 5.15. The Labute approximate surface area is 141 Å². The molecule has 1 aromatic heterocycles. The first-order valence-electron chi connectivity index (χ1n) is 7.45. The molecule has 1 N–H and O–H groups in total. The lowest BCUT2D eigenvalue weighted by molar-refractivity contribution is -0.0583. The van der Waals surface area contributed by atoms with Gasteiger partial charge in [0.2, 0.25) is 0 Å². The highest BCUT2D eigenvalue weighted by Gasteiger charge is 2.39. The summed E-state index contributed by atoms with van der Waals surface area (Å²) in [5.41, 5.74) is 1.32. The van der Waals surface area contributed by atoms with Crippen molar-refractivity contribution < 1.29 is 24.0 Å². The van der Waals surface area contributed by atoms with Gasteiger partial charge in [0.25, 0.3) is 11.8 Å². The minimum atomic E-state index is -0.811. The van der Waals surface area contributed by atoms with Crippen LogP contribution in [0.1, 0.15) is 31.1 Å². The van der Waals surface area contributed by atoms with E-state index in [1.54, 1.807) is 30.3 Å². The average Bonchev–Trinajstić information content (AvgIpc) is 3.16. The van der Waals surface area contributed by atoms with Crippen LogP contribution in [-0.2, 0) is 4.84 Å². The number of fused-ring (bicyclic) bond motifs is 2. The largest absolute Gasteiger partial charge is 0.497 e. The fourth-order valence-corrected chi connectivity index (χ4v) is 2.78. The molecule has 7 heteroatoms. The Kier molecular flexibility index (Phi) is 3.28. The molecular formula is C18H12N2O5. The number of methoxy groups -OCH3 is 1. The van der Waals surface area contributed by atoms with Crippen molar-refractivity contribution in [3.05, 3.63) is 65.4 Å². The smallest absolute Gasteiger partial charge is 0.366 e. The standard InChI is InChI=1S/C18H12N2O5/c1-24-10-6-7-15-13(8-10)14(9-19-15)18(23)25-20-16(21)11-4-2-3-5-12(11)17(20)22/h2-9,19H,1H3. The molecule has 0 saturated heterocycles. The molecule has 0 spiro atoms. The quantitative estimate of drug-likeness (QED) is 0.743. The van der Waals surface area contributed by atoms with Gasteiger partial charge in [0, 0.05) is 17.1 Å². The number of H-pyrrole nitrogens is 1. The van der Waals surface area contributed by atoms with E-state index in [4.69, 9.17) is 9.57 Å². The summed E-state index contributed by atoms with van der Waals surface area (Å²) in [6.45, 7) is 0. The fourth-order valence-electron chi connectivity index (χ4n) is 2.78. The van der Waals surface area contributed by atoms with Crippen LogP contribution in [0, 0.1) is 0 Å². The van der Waals surface area contributed by atoms with E-state index in [1.807, 2.05) is 0 Å². The lowest BCUT2D eigenvalue weighted by Crippen LogP contribution is -2.32. The Morgan fingerprint density at radius 3 is 2.36 bits per heavy atom. The predicted molar refractivity (Wildman–Crippen MR) is 87.2 cm³/mol. The maximum Gasteiger partial charge on any atom is 0.366 e. The van der Waals surface area contributed by atoms with Crippen LogP contribution in [-0.4, -0.2) is 34.9 Å². The van der Waals surface area contributed by atoms with Crippen LogP contribution < -0.4 is 4.74 Å². The molecule has 124 valence electrons. The van der Waals surface area contributed by atoms with E-state index >= 15 is 0 Å². The van der Waals surface area contributed by atoms with E-state index in [9.17, 15) is 14.4 Å². The van der Waals surface area contributed by atoms with Crippen LogP contribution >= 0.6 is 0 Å². The summed E-state index contributed by atoms with van der Waals surface area (Å²) >= 11 is 0. The van der Waals surface area contributed by atoms with Crippen molar-refractivity contribution in [2.75, 3.05) is 7.11 Å². The Morgan fingerprint density at radius 1 is 1.04 bits per heavy atom. The van der Waals surface area contributed by atoms with Crippen LogP contribution in [0.4, 0.5) is 0 Å². The molecule has 4 rings (SSSR count). The second kappa shape index (κ2) is 5.48. The van der Waals surface area contributed by atoms with E-state index in [0.717, 1.165) is 0 Å². The van der Waals surface area contributed by atoms with Crippen molar-refractivity contribution in [2.45, 2.75) is 0 Å². The van der Waals surface area contributed by atoms with Gasteiger partial charge in [-0.3, -0.25) is 9.59 Å². The Bertz CT molecular complexity index is 1000. The first-order valence-corrected chi connectivity index (χ1v) is 7.45. The van der Waals surface area contributed by atoms with Crippen LogP contribution in [0.3, 0.4) is 0 Å². The zero-order valence-electron chi connectivity index (χ0n) is 13.1. The molecule has 0 atom stereocenters. The molecule has 2 heterocycles. The number of nitrogens with zero attached hydrogens (tertiary/aromatic N) is 1. The van der Waals surface area contributed by atoms with Crippen LogP contribution in [0.25, 0.3) is 10.9 Å². The molecule has 0 fully saturated rings. The van der Waals surface area contributed by atoms with Crippen molar-refractivity contribution in [3.8, 4) is 5.75 Å². The third kappa shape index (κ3) is 2.25. The van der Waals surface area contributed by atoms with Crippen molar-refractivity contribution in [2.24, 2.45) is 0 Å². The molecule has 3 aromatic rings. The molecule has 1 aliphatic heterocycles. The average molecular weight is 336 g/mol. The van der Waals surface area contributed by atoms with Gasteiger partial charge in [-0.05, 0) is 30.3 Å². The number of imide groups is 1. The summed E-state index contributed by atoms with van der Waals surface area (Å²) in [5, 5.41) is 1.06. The Balaban J connectivity index is 1.65. The lowest BCUT2D eigenvalue weighted by Gasteiger charge is -2.12. The van der Waals surface area contributed by atoms with Gasteiger partial charge in [-0.15, -0.1) is 0 Å². The predicted octanol–water partition coefficient (Wildman–Crippen LogP) is 2.54. The topological polar surface area (TPSA) is 88.7 Å². The van der Waals surface area contributed by atoms with E-state index < -0.39 is 17.8 Å². The van der Waals surface area contributed by atoms with Crippen LogP contribution in [0.2, 0.25) is 0 Å². The number of rotatable bonds is 3.